The molecule has 0 unspecified atom stereocenters. The van der Waals surface area contributed by atoms with Gasteiger partial charge in [0.2, 0.25) is 0 Å². The molecule has 1 aromatic heterocycles. The molecule has 1 aromatic carbocycles. The number of aryl methyl sites for hydroxylation is 2. The second kappa shape index (κ2) is 2.92. The topological polar surface area (TPSA) is 34.9 Å². The molecule has 0 amide bonds. The zero-order valence-corrected chi connectivity index (χ0v) is 8.66. The Bertz CT molecular complexity index is 554. The van der Waals surface area contributed by atoms with Gasteiger partial charge in [-0.2, -0.15) is 5.10 Å². The lowest BCUT2D eigenvalue weighted by Gasteiger charge is -2.12. The van der Waals surface area contributed by atoms with Crippen LogP contribution < -0.4 is 0 Å². The molecule has 0 bridgehead atoms. The smallest absolute Gasteiger partial charge is 0.180 e. The predicted octanol–water partition coefficient (Wildman–Crippen LogP) is 2.19. The number of Topliss-reactive ketones (excluding diaryl/α,β-unsaturated/α-hetero) is 1. The second-order valence-electron chi connectivity index (χ2n) is 4.04. The Morgan fingerprint density at radius 2 is 2.33 bits per heavy atom. The van der Waals surface area contributed by atoms with E-state index in [-0.39, 0.29) is 5.78 Å². The fourth-order valence-corrected chi connectivity index (χ4v) is 2.35. The molecule has 0 saturated carbocycles. The summed E-state index contributed by atoms with van der Waals surface area (Å²) in [6, 6.07) is 6.13. The summed E-state index contributed by atoms with van der Waals surface area (Å²) in [6.45, 7) is 2.51. The van der Waals surface area contributed by atoms with Crippen molar-refractivity contribution in [2.24, 2.45) is 0 Å². The zero-order chi connectivity index (χ0) is 10.4. The third kappa shape index (κ3) is 1.12. The minimum atomic E-state index is 0.0535. The van der Waals surface area contributed by atoms with Crippen LogP contribution in [0.3, 0.4) is 0 Å². The molecular weight excluding hydrogens is 188 g/mol. The van der Waals surface area contributed by atoms with Gasteiger partial charge in [-0.25, -0.2) is 0 Å². The van der Waals surface area contributed by atoms with Gasteiger partial charge in [0.1, 0.15) is 5.69 Å². The Balaban J connectivity index is 2.43. The number of aromatic nitrogens is 2. The molecule has 3 nitrogen and oxygen atoms in total. The molecule has 2 aromatic rings. The van der Waals surface area contributed by atoms with E-state index < -0.39 is 0 Å². The van der Waals surface area contributed by atoms with Gasteiger partial charge in [0, 0.05) is 18.9 Å². The average Bonchev–Trinajstić information content (AvgIpc) is 2.61. The van der Waals surface area contributed by atoms with Crippen LogP contribution in [0.15, 0.2) is 18.2 Å². The van der Waals surface area contributed by atoms with E-state index in [9.17, 15) is 4.79 Å². The molecule has 0 spiro atoms. The molecule has 1 aliphatic heterocycles. The summed E-state index contributed by atoms with van der Waals surface area (Å²) in [5, 5.41) is 5.40. The number of carbonyl (C=O) groups is 1. The monoisotopic (exact) mass is 200 g/mol. The second-order valence-corrected chi connectivity index (χ2v) is 4.04. The SMILES string of the molecule is CC(=O)c1nn2c3c(cccc13)CCC2. The van der Waals surface area contributed by atoms with E-state index in [1.165, 1.54) is 5.56 Å². The molecule has 0 aliphatic carbocycles. The molecule has 3 rings (SSSR count). The first-order valence-electron chi connectivity index (χ1n) is 5.27. The number of para-hydroxylation sites is 1. The minimum absolute atomic E-state index is 0.0535. The lowest BCUT2D eigenvalue weighted by molar-refractivity contribution is 0.101. The maximum Gasteiger partial charge on any atom is 0.180 e. The van der Waals surface area contributed by atoms with Crippen molar-refractivity contribution >= 4 is 16.7 Å². The number of rotatable bonds is 1. The zero-order valence-electron chi connectivity index (χ0n) is 8.66. The molecule has 0 radical (unpaired) electrons. The first-order chi connectivity index (χ1) is 7.27. The van der Waals surface area contributed by atoms with E-state index >= 15 is 0 Å². The highest BCUT2D eigenvalue weighted by Crippen LogP contribution is 2.27. The molecule has 2 heterocycles. The highest BCUT2D eigenvalue weighted by atomic mass is 16.1. The van der Waals surface area contributed by atoms with Crippen molar-refractivity contribution in [3.63, 3.8) is 0 Å². The van der Waals surface area contributed by atoms with Gasteiger partial charge in [-0.05, 0) is 18.4 Å². The third-order valence-electron chi connectivity index (χ3n) is 3.00. The van der Waals surface area contributed by atoms with Crippen molar-refractivity contribution in [1.82, 2.24) is 9.78 Å². The summed E-state index contributed by atoms with van der Waals surface area (Å²) in [5.74, 6) is 0.0535. The number of nitrogens with zero attached hydrogens (tertiary/aromatic N) is 2. The van der Waals surface area contributed by atoms with E-state index in [2.05, 4.69) is 11.2 Å². The molecule has 76 valence electrons. The van der Waals surface area contributed by atoms with Crippen molar-refractivity contribution in [3.8, 4) is 0 Å². The van der Waals surface area contributed by atoms with Crippen LogP contribution in [0.2, 0.25) is 0 Å². The normalized spacial score (nSPS) is 14.5. The van der Waals surface area contributed by atoms with Crippen molar-refractivity contribution in [3.05, 3.63) is 29.5 Å². The minimum Gasteiger partial charge on any atom is -0.293 e. The van der Waals surface area contributed by atoms with Crippen molar-refractivity contribution in [2.75, 3.05) is 0 Å². The molecule has 0 N–H and O–H groups in total. The van der Waals surface area contributed by atoms with Crippen LogP contribution in [0.25, 0.3) is 10.9 Å². The Morgan fingerprint density at radius 1 is 1.47 bits per heavy atom. The van der Waals surface area contributed by atoms with Crippen LogP contribution in [-0.2, 0) is 13.0 Å². The summed E-state index contributed by atoms with van der Waals surface area (Å²) in [5.41, 5.74) is 3.10. The Kier molecular flexibility index (Phi) is 1.69. The van der Waals surface area contributed by atoms with Crippen molar-refractivity contribution in [1.29, 1.82) is 0 Å². The lowest BCUT2D eigenvalue weighted by atomic mass is 10.0. The van der Waals surface area contributed by atoms with Gasteiger partial charge in [0.25, 0.3) is 0 Å². The van der Waals surface area contributed by atoms with Crippen molar-refractivity contribution in [2.45, 2.75) is 26.3 Å². The van der Waals surface area contributed by atoms with Crippen LogP contribution in [-0.4, -0.2) is 15.6 Å². The highest BCUT2D eigenvalue weighted by molar-refractivity contribution is 6.05. The molecule has 15 heavy (non-hydrogen) atoms. The molecular formula is C12H12N2O. The largest absolute Gasteiger partial charge is 0.293 e. The number of carbonyl (C=O) groups excluding carboxylic acids is 1. The summed E-state index contributed by atoms with van der Waals surface area (Å²) in [7, 11) is 0. The lowest BCUT2D eigenvalue weighted by Crippen LogP contribution is -2.08. The average molecular weight is 200 g/mol. The van der Waals surface area contributed by atoms with E-state index in [0.717, 1.165) is 30.3 Å². The molecule has 0 saturated heterocycles. The summed E-state index contributed by atoms with van der Waals surface area (Å²) in [4.78, 5) is 11.4. The molecule has 1 aliphatic rings. The standard InChI is InChI=1S/C12H12N2O/c1-8(15)11-10-6-2-4-9-5-3-7-14(13-11)12(9)10/h2,4,6H,3,5,7H2,1H3. The Labute approximate surface area is 87.7 Å². The van der Waals surface area contributed by atoms with Gasteiger partial charge >= 0.3 is 0 Å². The van der Waals surface area contributed by atoms with Gasteiger partial charge in [0.05, 0.1) is 5.52 Å². The van der Waals surface area contributed by atoms with Crippen LogP contribution in [0, 0.1) is 0 Å². The third-order valence-corrected chi connectivity index (χ3v) is 3.00. The maximum absolute atomic E-state index is 11.4. The van der Waals surface area contributed by atoms with E-state index in [4.69, 9.17) is 0 Å². The number of hydrogen-bond acceptors (Lipinski definition) is 2. The van der Waals surface area contributed by atoms with Crippen LogP contribution in [0.5, 0.6) is 0 Å². The molecule has 0 atom stereocenters. The van der Waals surface area contributed by atoms with E-state index in [1.54, 1.807) is 6.92 Å². The summed E-state index contributed by atoms with van der Waals surface area (Å²) >= 11 is 0. The first kappa shape index (κ1) is 8.65. The maximum atomic E-state index is 11.4. The van der Waals surface area contributed by atoms with Gasteiger partial charge in [-0.3, -0.25) is 9.48 Å². The van der Waals surface area contributed by atoms with Gasteiger partial charge in [-0.15, -0.1) is 0 Å². The number of hydrogen-bond donors (Lipinski definition) is 0. The highest BCUT2D eigenvalue weighted by Gasteiger charge is 2.18. The first-order valence-corrected chi connectivity index (χ1v) is 5.27. The number of benzene rings is 1. The molecule has 0 fully saturated rings. The fraction of sp³-hybridized carbons (Fsp3) is 0.333. The van der Waals surface area contributed by atoms with Gasteiger partial charge < -0.3 is 0 Å². The summed E-state index contributed by atoms with van der Waals surface area (Å²) < 4.78 is 1.98. The van der Waals surface area contributed by atoms with Gasteiger partial charge in [0.15, 0.2) is 5.78 Å². The number of ketones is 1. The van der Waals surface area contributed by atoms with E-state index in [1.807, 2.05) is 16.8 Å². The van der Waals surface area contributed by atoms with Crippen LogP contribution in [0.4, 0.5) is 0 Å². The van der Waals surface area contributed by atoms with Gasteiger partial charge in [-0.1, -0.05) is 18.2 Å². The Morgan fingerprint density at radius 3 is 3.13 bits per heavy atom. The quantitative estimate of drug-likeness (QED) is 0.661. The fourth-order valence-electron chi connectivity index (χ4n) is 2.35. The van der Waals surface area contributed by atoms with E-state index in [0.29, 0.717) is 5.69 Å². The van der Waals surface area contributed by atoms with Crippen molar-refractivity contribution < 1.29 is 4.79 Å². The molecule has 3 heteroatoms. The Hall–Kier alpha value is -1.64. The van der Waals surface area contributed by atoms with Crippen LogP contribution in [0.1, 0.15) is 29.4 Å². The predicted molar refractivity (Wildman–Crippen MR) is 58.1 cm³/mol. The summed E-state index contributed by atoms with van der Waals surface area (Å²) in [6.07, 6.45) is 2.21. The van der Waals surface area contributed by atoms with Crippen LogP contribution >= 0.6 is 0 Å².